The molecule has 31 heavy (non-hydrogen) atoms. The van der Waals surface area contributed by atoms with E-state index in [0.717, 1.165) is 6.07 Å². The van der Waals surface area contributed by atoms with Crippen molar-refractivity contribution in [1.29, 1.82) is 0 Å². The fourth-order valence-corrected chi connectivity index (χ4v) is 3.57. The Morgan fingerprint density at radius 2 is 1.84 bits per heavy atom. The number of amides is 1. The predicted octanol–water partition coefficient (Wildman–Crippen LogP) is 5.79. The van der Waals surface area contributed by atoms with Crippen LogP contribution in [0.15, 0.2) is 59.1 Å². The quantitative estimate of drug-likeness (QED) is 0.341. The summed E-state index contributed by atoms with van der Waals surface area (Å²) in [6, 6.07) is 13.2. The minimum Gasteiger partial charge on any atom is -0.506 e. The van der Waals surface area contributed by atoms with E-state index in [9.17, 15) is 23.1 Å². The molecule has 0 fully saturated rings. The molecule has 2 heterocycles. The van der Waals surface area contributed by atoms with Gasteiger partial charge in [0.25, 0.3) is 5.91 Å². The lowest BCUT2D eigenvalue weighted by molar-refractivity contribution is -0.142. The highest BCUT2D eigenvalue weighted by Crippen LogP contribution is 2.35. The van der Waals surface area contributed by atoms with Crippen molar-refractivity contribution in [3.05, 3.63) is 75.5 Å². The van der Waals surface area contributed by atoms with Crippen LogP contribution in [0, 0.1) is 0 Å². The zero-order valence-corrected chi connectivity index (χ0v) is 17.6. The minimum absolute atomic E-state index is 0.0181. The van der Waals surface area contributed by atoms with Gasteiger partial charge in [-0.25, -0.2) is 9.50 Å². The van der Waals surface area contributed by atoms with Gasteiger partial charge in [-0.2, -0.15) is 18.3 Å². The third kappa shape index (κ3) is 4.08. The number of hydrogen-bond acceptors (Lipinski definition) is 4. The first-order valence-corrected chi connectivity index (χ1v) is 9.84. The van der Waals surface area contributed by atoms with Gasteiger partial charge >= 0.3 is 6.18 Å². The van der Waals surface area contributed by atoms with Crippen LogP contribution in [-0.4, -0.2) is 25.6 Å². The molecule has 2 N–H and O–H groups in total. The van der Waals surface area contributed by atoms with Crippen molar-refractivity contribution in [3.63, 3.8) is 0 Å². The fourth-order valence-electron chi connectivity index (χ4n) is 2.89. The van der Waals surface area contributed by atoms with Crippen molar-refractivity contribution < 1.29 is 23.1 Å². The normalized spacial score (nSPS) is 11.6. The Labute approximate surface area is 186 Å². The smallest absolute Gasteiger partial charge is 0.433 e. The van der Waals surface area contributed by atoms with Crippen molar-refractivity contribution in [2.24, 2.45) is 0 Å². The van der Waals surface area contributed by atoms with E-state index in [4.69, 9.17) is 11.6 Å². The van der Waals surface area contributed by atoms with Crippen LogP contribution in [0.25, 0.3) is 16.9 Å². The van der Waals surface area contributed by atoms with Crippen LogP contribution < -0.4 is 5.32 Å². The Hall–Kier alpha value is -3.11. The SMILES string of the molecule is O=C(Nc1cc(Cl)ccc1O)c1nn2c(C(F)(F)F)cc(-c3ccccc3)nc2c1Br. The van der Waals surface area contributed by atoms with E-state index in [1.54, 1.807) is 30.3 Å². The fraction of sp³-hybridized carbons (Fsp3) is 0.0500. The average molecular weight is 512 g/mol. The number of fused-ring (bicyclic) bond motifs is 1. The average Bonchev–Trinajstić information content (AvgIpc) is 3.06. The van der Waals surface area contributed by atoms with Gasteiger partial charge in [-0.3, -0.25) is 4.79 Å². The molecular formula is C20H11BrClF3N4O2. The van der Waals surface area contributed by atoms with Gasteiger partial charge in [0.1, 0.15) is 5.75 Å². The van der Waals surface area contributed by atoms with Crippen molar-refractivity contribution in [2.75, 3.05) is 5.32 Å². The number of aromatic hydroxyl groups is 1. The second-order valence-electron chi connectivity index (χ2n) is 6.40. The number of rotatable bonds is 3. The van der Waals surface area contributed by atoms with E-state index in [2.05, 4.69) is 31.3 Å². The van der Waals surface area contributed by atoms with Gasteiger partial charge < -0.3 is 10.4 Å². The van der Waals surface area contributed by atoms with Crippen LogP contribution in [0.4, 0.5) is 18.9 Å². The summed E-state index contributed by atoms with van der Waals surface area (Å²) in [7, 11) is 0. The third-order valence-corrected chi connectivity index (χ3v) is 5.28. The number of carbonyl (C=O) groups excluding carboxylic acids is 1. The lowest BCUT2D eigenvalue weighted by Crippen LogP contribution is -2.16. The first-order chi connectivity index (χ1) is 14.6. The van der Waals surface area contributed by atoms with Crippen LogP contribution in [0.2, 0.25) is 5.02 Å². The number of benzene rings is 2. The van der Waals surface area contributed by atoms with Crippen molar-refractivity contribution in [1.82, 2.24) is 14.6 Å². The molecule has 4 rings (SSSR count). The number of alkyl halides is 3. The molecule has 1 amide bonds. The largest absolute Gasteiger partial charge is 0.506 e. The van der Waals surface area contributed by atoms with E-state index in [0.29, 0.717) is 10.1 Å². The first-order valence-electron chi connectivity index (χ1n) is 8.67. The third-order valence-electron chi connectivity index (χ3n) is 4.31. The van der Waals surface area contributed by atoms with Crippen molar-refractivity contribution >= 4 is 44.8 Å². The molecule has 0 bridgehead atoms. The van der Waals surface area contributed by atoms with E-state index >= 15 is 0 Å². The van der Waals surface area contributed by atoms with Crippen LogP contribution >= 0.6 is 27.5 Å². The number of phenolic OH excluding ortho intramolecular Hbond substituents is 1. The number of carbonyl (C=O) groups is 1. The molecule has 0 aliphatic carbocycles. The molecule has 2 aromatic heterocycles. The maximum absolute atomic E-state index is 13.7. The number of aromatic nitrogens is 3. The van der Waals surface area contributed by atoms with E-state index < -0.39 is 17.8 Å². The lowest BCUT2D eigenvalue weighted by atomic mass is 10.1. The molecule has 6 nitrogen and oxygen atoms in total. The van der Waals surface area contributed by atoms with Crippen LogP contribution in [0.1, 0.15) is 16.2 Å². The highest BCUT2D eigenvalue weighted by Gasteiger charge is 2.36. The van der Waals surface area contributed by atoms with Gasteiger partial charge in [0, 0.05) is 10.6 Å². The van der Waals surface area contributed by atoms with Crippen LogP contribution in [-0.2, 0) is 6.18 Å². The summed E-state index contributed by atoms with van der Waals surface area (Å²) in [4.78, 5) is 17.0. The molecule has 4 aromatic rings. The zero-order chi connectivity index (χ0) is 22.3. The van der Waals surface area contributed by atoms with E-state index in [1.807, 2.05) is 0 Å². The maximum Gasteiger partial charge on any atom is 0.433 e. The van der Waals surface area contributed by atoms with Gasteiger partial charge in [0.15, 0.2) is 17.0 Å². The summed E-state index contributed by atoms with van der Waals surface area (Å²) in [6.45, 7) is 0. The molecule has 158 valence electrons. The van der Waals surface area contributed by atoms with Crippen LogP contribution in [0.5, 0.6) is 5.75 Å². The predicted molar refractivity (Wildman–Crippen MR) is 112 cm³/mol. The van der Waals surface area contributed by atoms with Gasteiger partial charge in [-0.15, -0.1) is 0 Å². The lowest BCUT2D eigenvalue weighted by Gasteiger charge is -2.11. The molecular weight excluding hydrogens is 501 g/mol. The minimum atomic E-state index is -4.75. The number of anilines is 1. The molecule has 0 spiro atoms. The summed E-state index contributed by atoms with van der Waals surface area (Å²) >= 11 is 9.01. The summed E-state index contributed by atoms with van der Waals surface area (Å²) in [5.41, 5.74) is -1.10. The Bertz CT molecular complexity index is 1310. The molecule has 0 saturated carbocycles. The molecule has 0 aliphatic rings. The second-order valence-corrected chi connectivity index (χ2v) is 7.63. The highest BCUT2D eigenvalue weighted by atomic mass is 79.9. The van der Waals surface area contributed by atoms with Crippen LogP contribution in [0.3, 0.4) is 0 Å². The van der Waals surface area contributed by atoms with Gasteiger partial charge in [-0.05, 0) is 40.2 Å². The highest BCUT2D eigenvalue weighted by molar-refractivity contribution is 9.10. The number of nitrogens with zero attached hydrogens (tertiary/aromatic N) is 3. The maximum atomic E-state index is 13.7. The molecule has 0 atom stereocenters. The molecule has 2 aromatic carbocycles. The summed E-state index contributed by atoms with van der Waals surface area (Å²) in [5, 5.41) is 16.3. The summed E-state index contributed by atoms with van der Waals surface area (Å²) < 4.78 is 41.8. The van der Waals surface area contributed by atoms with Crippen molar-refractivity contribution in [2.45, 2.75) is 6.18 Å². The zero-order valence-electron chi connectivity index (χ0n) is 15.3. The molecule has 0 radical (unpaired) electrons. The van der Waals surface area contributed by atoms with Gasteiger partial charge in [-0.1, -0.05) is 41.9 Å². The number of nitrogens with one attached hydrogen (secondary N) is 1. The Balaban J connectivity index is 1.85. The number of hydrogen-bond donors (Lipinski definition) is 2. The van der Waals surface area contributed by atoms with E-state index in [1.165, 1.54) is 18.2 Å². The van der Waals surface area contributed by atoms with Gasteiger partial charge in [0.05, 0.1) is 15.9 Å². The topological polar surface area (TPSA) is 79.5 Å². The number of halogens is 5. The molecule has 0 saturated heterocycles. The second kappa shape index (κ2) is 7.86. The Morgan fingerprint density at radius 1 is 1.13 bits per heavy atom. The van der Waals surface area contributed by atoms with Crippen molar-refractivity contribution in [3.8, 4) is 17.0 Å². The first kappa shape index (κ1) is 21.1. The molecule has 11 heteroatoms. The monoisotopic (exact) mass is 510 g/mol. The standard InChI is InChI=1S/C20H11BrClF3N4O2/c21-16-17(19(31)27-13-8-11(22)6-7-14(13)30)28-29-15(20(23,24)25)9-12(26-18(16)29)10-4-2-1-3-5-10/h1-9,30H,(H,27,31). The summed E-state index contributed by atoms with van der Waals surface area (Å²) in [6.07, 6.45) is -4.75. The molecule has 0 aliphatic heterocycles. The van der Waals surface area contributed by atoms with Gasteiger partial charge in [0.2, 0.25) is 0 Å². The Kier molecular flexibility index (Phi) is 5.36. The Morgan fingerprint density at radius 3 is 2.52 bits per heavy atom. The van der Waals surface area contributed by atoms with E-state index in [-0.39, 0.29) is 38.0 Å². The molecule has 0 unspecified atom stereocenters. The summed E-state index contributed by atoms with van der Waals surface area (Å²) in [5.74, 6) is -1.12. The number of phenols is 1.